The molecule has 36 heavy (non-hydrogen) atoms. The lowest BCUT2D eigenvalue weighted by Crippen LogP contribution is -2.49. The summed E-state index contributed by atoms with van der Waals surface area (Å²) < 4.78 is 99.3. The van der Waals surface area contributed by atoms with E-state index in [1.807, 2.05) is 0 Å². The standard InChI is InChI=1S/C24H24F5N3O3S/c25-17-3-6-21(26)20(7-17)23-22(30)8-18(13-35-23)31-9-14-11-32(12-15(14)10-31)36(33,34)19-4-1-16(2-5-19)24(27,28)29/h1-7,18,22-23H,8-13,30H2/t18-,22+,23-/m1/s1. The van der Waals surface area contributed by atoms with Crippen molar-refractivity contribution < 1.29 is 35.1 Å². The average molecular weight is 530 g/mol. The van der Waals surface area contributed by atoms with E-state index in [2.05, 4.69) is 4.90 Å². The SMILES string of the molecule is N[C@H]1C[C@@H](N2CC3=C(C2)CN(S(=O)(=O)c2ccc(C(F)(F)F)cc2)C3)CO[C@@H]1c1cc(F)ccc1F. The second-order valence-electron chi connectivity index (χ2n) is 9.38. The van der Waals surface area contributed by atoms with Crippen molar-refractivity contribution in [2.24, 2.45) is 5.73 Å². The molecule has 0 aliphatic carbocycles. The van der Waals surface area contributed by atoms with Crippen LogP contribution in [0.15, 0.2) is 58.5 Å². The fourth-order valence-electron chi connectivity index (χ4n) is 5.12. The number of rotatable bonds is 4. The summed E-state index contributed by atoms with van der Waals surface area (Å²) in [6.07, 6.45) is -4.81. The molecule has 5 rings (SSSR count). The molecule has 194 valence electrons. The molecule has 6 nitrogen and oxygen atoms in total. The van der Waals surface area contributed by atoms with E-state index in [0.29, 0.717) is 19.5 Å². The Morgan fingerprint density at radius 1 is 0.944 bits per heavy atom. The molecule has 3 aliphatic rings. The highest BCUT2D eigenvalue weighted by atomic mass is 32.2. The van der Waals surface area contributed by atoms with Crippen molar-refractivity contribution in [2.75, 3.05) is 32.8 Å². The van der Waals surface area contributed by atoms with E-state index in [1.165, 1.54) is 4.31 Å². The van der Waals surface area contributed by atoms with Gasteiger partial charge in [-0.3, -0.25) is 4.90 Å². The van der Waals surface area contributed by atoms with E-state index in [-0.39, 0.29) is 36.2 Å². The van der Waals surface area contributed by atoms with Gasteiger partial charge in [-0.05, 0) is 60.0 Å². The molecular formula is C24H24F5N3O3S. The minimum Gasteiger partial charge on any atom is -0.370 e. The van der Waals surface area contributed by atoms with Crippen LogP contribution in [0.5, 0.6) is 0 Å². The fourth-order valence-corrected chi connectivity index (χ4v) is 6.55. The molecule has 0 aromatic heterocycles. The monoisotopic (exact) mass is 529 g/mol. The number of hydrogen-bond acceptors (Lipinski definition) is 5. The van der Waals surface area contributed by atoms with Crippen molar-refractivity contribution in [1.29, 1.82) is 0 Å². The van der Waals surface area contributed by atoms with Gasteiger partial charge in [0.15, 0.2) is 0 Å². The van der Waals surface area contributed by atoms with Gasteiger partial charge in [-0.1, -0.05) is 0 Å². The Hall–Kier alpha value is -2.38. The van der Waals surface area contributed by atoms with Crippen molar-refractivity contribution in [3.8, 4) is 0 Å². The summed E-state index contributed by atoms with van der Waals surface area (Å²) in [7, 11) is -3.94. The smallest absolute Gasteiger partial charge is 0.370 e. The number of ether oxygens (including phenoxy) is 1. The average Bonchev–Trinajstić information content (AvgIpc) is 3.40. The first-order valence-electron chi connectivity index (χ1n) is 11.4. The van der Waals surface area contributed by atoms with E-state index in [4.69, 9.17) is 10.5 Å². The van der Waals surface area contributed by atoms with Gasteiger partial charge in [0.05, 0.1) is 17.1 Å². The van der Waals surface area contributed by atoms with Gasteiger partial charge in [0.25, 0.3) is 0 Å². The van der Waals surface area contributed by atoms with Crippen LogP contribution < -0.4 is 5.73 Å². The largest absolute Gasteiger partial charge is 0.416 e. The molecule has 12 heteroatoms. The van der Waals surface area contributed by atoms with Crippen molar-refractivity contribution >= 4 is 10.0 Å². The molecule has 1 fully saturated rings. The van der Waals surface area contributed by atoms with Gasteiger partial charge in [-0.25, -0.2) is 17.2 Å². The molecule has 0 amide bonds. The van der Waals surface area contributed by atoms with Gasteiger partial charge in [-0.15, -0.1) is 0 Å². The summed E-state index contributed by atoms with van der Waals surface area (Å²) in [5.74, 6) is -1.15. The van der Waals surface area contributed by atoms with Gasteiger partial charge >= 0.3 is 6.18 Å². The lowest BCUT2D eigenvalue weighted by molar-refractivity contribution is -0.137. The Bertz CT molecular complexity index is 1280. The molecule has 1 saturated heterocycles. The zero-order valence-corrected chi connectivity index (χ0v) is 19.8. The topological polar surface area (TPSA) is 75.9 Å². The van der Waals surface area contributed by atoms with Crippen LogP contribution in [-0.4, -0.2) is 62.5 Å². The summed E-state index contributed by atoms with van der Waals surface area (Å²) in [5, 5.41) is 0. The molecule has 3 atom stereocenters. The zero-order valence-electron chi connectivity index (χ0n) is 19.0. The molecule has 2 N–H and O–H groups in total. The quantitative estimate of drug-likeness (QED) is 0.485. The number of benzene rings is 2. The Morgan fingerprint density at radius 3 is 2.17 bits per heavy atom. The van der Waals surface area contributed by atoms with E-state index in [9.17, 15) is 30.4 Å². The number of alkyl halides is 3. The van der Waals surface area contributed by atoms with Gasteiger partial charge in [0.2, 0.25) is 10.0 Å². The molecule has 0 radical (unpaired) electrons. The van der Waals surface area contributed by atoms with Crippen LogP contribution in [-0.2, 0) is 20.9 Å². The molecule has 0 unspecified atom stereocenters. The number of nitrogens with zero attached hydrogens (tertiary/aromatic N) is 2. The van der Waals surface area contributed by atoms with Crippen molar-refractivity contribution in [3.63, 3.8) is 0 Å². The fraction of sp³-hybridized carbons (Fsp3) is 0.417. The third kappa shape index (κ3) is 4.68. The number of halogens is 5. The second kappa shape index (κ2) is 9.18. The molecule has 0 bridgehead atoms. The highest BCUT2D eigenvalue weighted by molar-refractivity contribution is 7.89. The van der Waals surface area contributed by atoms with Crippen LogP contribution in [0.2, 0.25) is 0 Å². The Morgan fingerprint density at radius 2 is 1.58 bits per heavy atom. The number of sulfonamides is 1. The molecule has 3 aliphatic heterocycles. The zero-order chi connectivity index (χ0) is 25.8. The lowest BCUT2D eigenvalue weighted by Gasteiger charge is -2.39. The first kappa shape index (κ1) is 25.3. The predicted octanol–water partition coefficient (Wildman–Crippen LogP) is 3.46. The van der Waals surface area contributed by atoms with Crippen LogP contribution >= 0.6 is 0 Å². The molecule has 2 aromatic rings. The summed E-state index contributed by atoms with van der Waals surface area (Å²) >= 11 is 0. The van der Waals surface area contributed by atoms with E-state index in [1.54, 1.807) is 0 Å². The van der Waals surface area contributed by atoms with E-state index >= 15 is 0 Å². The van der Waals surface area contributed by atoms with Gasteiger partial charge in [0, 0.05) is 43.8 Å². The third-order valence-corrected chi connectivity index (χ3v) is 8.83. The van der Waals surface area contributed by atoms with Crippen molar-refractivity contribution in [3.05, 3.63) is 76.4 Å². The predicted molar refractivity (Wildman–Crippen MR) is 120 cm³/mol. The highest BCUT2D eigenvalue weighted by Gasteiger charge is 2.41. The molecule has 0 saturated carbocycles. The maximum atomic E-state index is 14.2. The summed E-state index contributed by atoms with van der Waals surface area (Å²) in [6.45, 7) is 1.60. The summed E-state index contributed by atoms with van der Waals surface area (Å²) in [4.78, 5) is 1.95. The summed E-state index contributed by atoms with van der Waals surface area (Å²) in [6, 6.07) is 6.05. The van der Waals surface area contributed by atoms with Crippen LogP contribution in [0.25, 0.3) is 0 Å². The normalized spacial score (nSPS) is 26.0. The molecule has 3 heterocycles. The summed E-state index contributed by atoms with van der Waals surface area (Å²) in [5.41, 5.74) is 7.34. The van der Waals surface area contributed by atoms with Gasteiger partial charge in [-0.2, -0.15) is 17.5 Å². The number of hydrogen-bond donors (Lipinski definition) is 1. The second-order valence-corrected chi connectivity index (χ2v) is 11.3. The highest BCUT2D eigenvalue weighted by Crippen LogP contribution is 2.36. The van der Waals surface area contributed by atoms with Crippen LogP contribution in [0.3, 0.4) is 0 Å². The van der Waals surface area contributed by atoms with Crippen molar-refractivity contribution in [2.45, 2.75) is 35.7 Å². The van der Waals surface area contributed by atoms with Gasteiger partial charge < -0.3 is 10.5 Å². The molecular weight excluding hydrogens is 505 g/mol. The molecule has 2 aromatic carbocycles. The van der Waals surface area contributed by atoms with E-state index < -0.39 is 45.5 Å². The van der Waals surface area contributed by atoms with Crippen LogP contribution in [0, 0.1) is 11.6 Å². The molecule has 0 spiro atoms. The van der Waals surface area contributed by atoms with Crippen LogP contribution in [0.1, 0.15) is 23.7 Å². The Balaban J connectivity index is 1.20. The Kier molecular flexibility index (Phi) is 6.44. The van der Waals surface area contributed by atoms with E-state index in [0.717, 1.165) is 53.6 Å². The van der Waals surface area contributed by atoms with Crippen LogP contribution in [0.4, 0.5) is 22.0 Å². The van der Waals surface area contributed by atoms with Gasteiger partial charge in [0.1, 0.15) is 17.7 Å². The van der Waals surface area contributed by atoms with Crippen molar-refractivity contribution in [1.82, 2.24) is 9.21 Å². The first-order valence-corrected chi connectivity index (χ1v) is 12.8. The minimum absolute atomic E-state index is 0.0709. The Labute approximate surface area is 205 Å². The maximum Gasteiger partial charge on any atom is 0.416 e. The number of nitrogens with two attached hydrogens (primary N) is 1. The maximum absolute atomic E-state index is 14.2. The first-order chi connectivity index (χ1) is 16.9. The third-order valence-electron chi connectivity index (χ3n) is 7.02. The minimum atomic E-state index is -4.54. The lowest BCUT2D eigenvalue weighted by atomic mass is 9.93.